The minimum Gasteiger partial charge on any atom is -0.317 e. The monoisotopic (exact) mass is 225 g/mol. The average molecular weight is 225 g/mol. The van der Waals surface area contributed by atoms with E-state index in [4.69, 9.17) is 5.21 Å². The zero-order chi connectivity index (χ0) is 11.9. The Kier molecular flexibility index (Phi) is 4.08. The molecule has 0 atom stereocenters. The second-order valence-electron chi connectivity index (χ2n) is 3.75. The van der Waals surface area contributed by atoms with Crippen LogP contribution >= 0.6 is 0 Å². The van der Waals surface area contributed by atoms with Crippen LogP contribution in [0.5, 0.6) is 0 Å². The largest absolute Gasteiger partial charge is 0.317 e. The SMILES string of the molecule is ONCC=Cc1ccc(-c2ccccc2)cc1. The number of hydroxylamine groups is 1. The van der Waals surface area contributed by atoms with Gasteiger partial charge in [-0.25, -0.2) is 5.48 Å². The number of rotatable bonds is 4. The summed E-state index contributed by atoms with van der Waals surface area (Å²) in [6.07, 6.45) is 3.84. The maximum atomic E-state index is 8.44. The molecule has 0 heterocycles. The van der Waals surface area contributed by atoms with Gasteiger partial charge in [-0.05, 0) is 16.7 Å². The van der Waals surface area contributed by atoms with E-state index in [1.807, 2.05) is 30.4 Å². The summed E-state index contributed by atoms with van der Waals surface area (Å²) < 4.78 is 0. The van der Waals surface area contributed by atoms with E-state index >= 15 is 0 Å². The van der Waals surface area contributed by atoms with Gasteiger partial charge in [-0.2, -0.15) is 0 Å². The minimum absolute atomic E-state index is 0.459. The summed E-state index contributed by atoms with van der Waals surface area (Å²) in [6, 6.07) is 18.6. The molecule has 0 aliphatic rings. The molecular weight excluding hydrogens is 210 g/mol. The topological polar surface area (TPSA) is 32.3 Å². The highest BCUT2D eigenvalue weighted by atomic mass is 16.5. The van der Waals surface area contributed by atoms with Gasteiger partial charge >= 0.3 is 0 Å². The molecule has 0 saturated heterocycles. The van der Waals surface area contributed by atoms with Crippen LogP contribution in [0.3, 0.4) is 0 Å². The third-order valence-corrected chi connectivity index (χ3v) is 2.54. The molecule has 0 fully saturated rings. The van der Waals surface area contributed by atoms with E-state index in [1.54, 1.807) is 0 Å². The molecule has 0 aliphatic carbocycles. The van der Waals surface area contributed by atoms with E-state index in [2.05, 4.69) is 41.9 Å². The zero-order valence-electron chi connectivity index (χ0n) is 9.51. The number of nitrogens with one attached hydrogen (secondary N) is 1. The van der Waals surface area contributed by atoms with Gasteiger partial charge in [0.2, 0.25) is 0 Å². The van der Waals surface area contributed by atoms with Gasteiger partial charge < -0.3 is 5.21 Å². The lowest BCUT2D eigenvalue weighted by molar-refractivity contribution is 0.180. The molecule has 0 spiro atoms. The van der Waals surface area contributed by atoms with Crippen molar-refractivity contribution in [3.05, 3.63) is 66.2 Å². The van der Waals surface area contributed by atoms with Crippen molar-refractivity contribution in [2.24, 2.45) is 0 Å². The molecule has 86 valence electrons. The predicted molar refractivity (Wildman–Crippen MR) is 70.7 cm³/mol. The molecule has 2 heteroatoms. The highest BCUT2D eigenvalue weighted by Gasteiger charge is 1.95. The van der Waals surface area contributed by atoms with Crippen LogP contribution in [0.1, 0.15) is 5.56 Å². The van der Waals surface area contributed by atoms with Crippen molar-refractivity contribution >= 4 is 6.08 Å². The maximum Gasteiger partial charge on any atom is 0.0391 e. The fraction of sp³-hybridized carbons (Fsp3) is 0.0667. The molecule has 2 rings (SSSR count). The first-order valence-corrected chi connectivity index (χ1v) is 5.59. The first-order valence-electron chi connectivity index (χ1n) is 5.59. The normalized spacial score (nSPS) is 10.9. The van der Waals surface area contributed by atoms with Crippen molar-refractivity contribution in [3.8, 4) is 11.1 Å². The molecule has 0 aromatic heterocycles. The smallest absolute Gasteiger partial charge is 0.0391 e. The molecular formula is C15H15NO. The molecule has 0 amide bonds. The van der Waals surface area contributed by atoms with Crippen molar-refractivity contribution in [2.45, 2.75) is 0 Å². The van der Waals surface area contributed by atoms with E-state index in [0.717, 1.165) is 5.56 Å². The third kappa shape index (κ3) is 3.28. The Morgan fingerprint density at radius 3 is 2.18 bits per heavy atom. The molecule has 0 bridgehead atoms. The van der Waals surface area contributed by atoms with Gasteiger partial charge in [0.25, 0.3) is 0 Å². The highest BCUT2D eigenvalue weighted by Crippen LogP contribution is 2.19. The van der Waals surface area contributed by atoms with Crippen LogP contribution in [-0.4, -0.2) is 11.8 Å². The summed E-state index contributed by atoms with van der Waals surface area (Å²) in [5, 5.41) is 8.44. The van der Waals surface area contributed by atoms with Gasteiger partial charge in [0.15, 0.2) is 0 Å². The number of benzene rings is 2. The van der Waals surface area contributed by atoms with Gasteiger partial charge in [0, 0.05) is 6.54 Å². The van der Waals surface area contributed by atoms with Crippen molar-refractivity contribution in [3.63, 3.8) is 0 Å². The van der Waals surface area contributed by atoms with Crippen LogP contribution < -0.4 is 5.48 Å². The van der Waals surface area contributed by atoms with Crippen LogP contribution in [0.4, 0.5) is 0 Å². The van der Waals surface area contributed by atoms with Gasteiger partial charge in [0.05, 0.1) is 0 Å². The summed E-state index contributed by atoms with van der Waals surface area (Å²) in [4.78, 5) is 0. The fourth-order valence-corrected chi connectivity index (χ4v) is 1.66. The van der Waals surface area contributed by atoms with Crippen molar-refractivity contribution < 1.29 is 5.21 Å². The lowest BCUT2D eigenvalue weighted by Gasteiger charge is -2.01. The van der Waals surface area contributed by atoms with Crippen LogP contribution in [0.15, 0.2) is 60.7 Å². The lowest BCUT2D eigenvalue weighted by atomic mass is 10.0. The van der Waals surface area contributed by atoms with Crippen molar-refractivity contribution in [1.82, 2.24) is 5.48 Å². The van der Waals surface area contributed by atoms with E-state index in [-0.39, 0.29) is 0 Å². The Labute approximate surface area is 101 Å². The van der Waals surface area contributed by atoms with Crippen LogP contribution in [0, 0.1) is 0 Å². The Balaban J connectivity index is 2.13. The molecule has 0 unspecified atom stereocenters. The first kappa shape index (κ1) is 11.6. The van der Waals surface area contributed by atoms with E-state index < -0.39 is 0 Å². The Hall–Kier alpha value is -1.90. The van der Waals surface area contributed by atoms with Gasteiger partial charge in [-0.1, -0.05) is 66.7 Å². The van der Waals surface area contributed by atoms with Crippen molar-refractivity contribution in [2.75, 3.05) is 6.54 Å². The molecule has 0 saturated carbocycles. The number of hydrogen-bond acceptors (Lipinski definition) is 2. The molecule has 2 nitrogen and oxygen atoms in total. The van der Waals surface area contributed by atoms with Gasteiger partial charge in [-0.15, -0.1) is 0 Å². The maximum absolute atomic E-state index is 8.44. The Morgan fingerprint density at radius 1 is 0.882 bits per heavy atom. The van der Waals surface area contributed by atoms with Gasteiger partial charge in [0.1, 0.15) is 0 Å². The predicted octanol–water partition coefficient (Wildman–Crippen LogP) is 3.35. The van der Waals surface area contributed by atoms with Crippen molar-refractivity contribution in [1.29, 1.82) is 0 Å². The summed E-state index contributed by atoms with van der Waals surface area (Å²) >= 11 is 0. The quantitative estimate of drug-likeness (QED) is 0.782. The highest BCUT2D eigenvalue weighted by molar-refractivity contribution is 5.65. The molecule has 2 N–H and O–H groups in total. The minimum atomic E-state index is 0.459. The standard InChI is InChI=1S/C15H15NO/c17-16-12-4-5-13-8-10-15(11-9-13)14-6-2-1-3-7-14/h1-11,16-17H,12H2. The number of hydrogen-bond donors (Lipinski definition) is 2. The average Bonchev–Trinajstić information content (AvgIpc) is 2.41. The molecule has 0 aliphatic heterocycles. The molecule has 0 radical (unpaired) electrons. The summed E-state index contributed by atoms with van der Waals surface area (Å²) in [5.41, 5.74) is 5.65. The van der Waals surface area contributed by atoms with E-state index in [0.29, 0.717) is 6.54 Å². The van der Waals surface area contributed by atoms with E-state index in [1.165, 1.54) is 11.1 Å². The zero-order valence-corrected chi connectivity index (χ0v) is 9.51. The summed E-state index contributed by atoms with van der Waals surface area (Å²) in [7, 11) is 0. The van der Waals surface area contributed by atoms with Crippen LogP contribution in [-0.2, 0) is 0 Å². The first-order chi connectivity index (χ1) is 8.40. The molecule has 17 heavy (non-hydrogen) atoms. The second-order valence-corrected chi connectivity index (χ2v) is 3.75. The molecule has 2 aromatic rings. The summed E-state index contributed by atoms with van der Waals surface area (Å²) in [6.45, 7) is 0.459. The fourth-order valence-electron chi connectivity index (χ4n) is 1.66. The third-order valence-electron chi connectivity index (χ3n) is 2.54. The lowest BCUT2D eigenvalue weighted by Crippen LogP contribution is -2.04. The molecule has 2 aromatic carbocycles. The van der Waals surface area contributed by atoms with Crippen LogP contribution in [0.25, 0.3) is 17.2 Å². The Morgan fingerprint density at radius 2 is 1.53 bits per heavy atom. The van der Waals surface area contributed by atoms with Gasteiger partial charge in [-0.3, -0.25) is 0 Å². The van der Waals surface area contributed by atoms with Crippen LogP contribution in [0.2, 0.25) is 0 Å². The summed E-state index contributed by atoms with van der Waals surface area (Å²) in [5.74, 6) is 0. The Bertz CT molecular complexity index is 474. The van der Waals surface area contributed by atoms with E-state index in [9.17, 15) is 0 Å². The second kappa shape index (κ2) is 5.99.